The van der Waals surface area contributed by atoms with Gasteiger partial charge in [0.15, 0.2) is 0 Å². The molecule has 0 aromatic heterocycles. The van der Waals surface area contributed by atoms with E-state index in [2.05, 4.69) is 5.32 Å². The fourth-order valence-electron chi connectivity index (χ4n) is 1.97. The van der Waals surface area contributed by atoms with Crippen LogP contribution in [0.15, 0.2) is 48.5 Å². The molecular weight excluding hydrogens is 255 g/mol. The zero-order valence-electron chi connectivity index (χ0n) is 11.3. The fraction of sp³-hybridized carbons (Fsp3) is 0.188. The number of carbonyl (C=O) groups is 1. The summed E-state index contributed by atoms with van der Waals surface area (Å²) in [5.74, 6) is -0.840. The average molecular weight is 272 g/mol. The summed E-state index contributed by atoms with van der Waals surface area (Å²) in [6, 6.07) is 13.4. The lowest BCUT2D eigenvalue weighted by Crippen LogP contribution is -2.37. The van der Waals surface area contributed by atoms with Gasteiger partial charge in [0.1, 0.15) is 5.82 Å². The first kappa shape index (κ1) is 14.2. The molecule has 0 aliphatic rings. The van der Waals surface area contributed by atoms with E-state index >= 15 is 0 Å². The molecule has 2 aromatic carbocycles. The van der Waals surface area contributed by atoms with Gasteiger partial charge in [0.25, 0.3) is 0 Å². The number of benzene rings is 2. The summed E-state index contributed by atoms with van der Waals surface area (Å²) in [6.45, 7) is 1.74. The fourth-order valence-corrected chi connectivity index (χ4v) is 1.97. The lowest BCUT2D eigenvalue weighted by Gasteiger charge is -2.14. The second-order valence-electron chi connectivity index (χ2n) is 4.72. The number of para-hydroxylation sites is 1. The van der Waals surface area contributed by atoms with Gasteiger partial charge in [0, 0.05) is 0 Å². The molecule has 0 bridgehead atoms. The number of carbonyl (C=O) groups excluding carboxylic acids is 1. The largest absolute Gasteiger partial charge is 0.322 e. The van der Waals surface area contributed by atoms with Gasteiger partial charge in [0.2, 0.25) is 5.91 Å². The predicted molar refractivity (Wildman–Crippen MR) is 77.9 cm³/mol. The van der Waals surface area contributed by atoms with Crippen LogP contribution in [0.4, 0.5) is 10.1 Å². The Kier molecular flexibility index (Phi) is 4.48. The second-order valence-corrected chi connectivity index (χ2v) is 4.72. The summed E-state index contributed by atoms with van der Waals surface area (Å²) < 4.78 is 13.6. The summed E-state index contributed by atoms with van der Waals surface area (Å²) in [5, 5.41) is 2.56. The van der Waals surface area contributed by atoms with Crippen molar-refractivity contribution in [2.75, 3.05) is 5.32 Å². The summed E-state index contributed by atoms with van der Waals surface area (Å²) in [5.41, 5.74) is 7.70. The Labute approximate surface area is 117 Å². The minimum Gasteiger partial charge on any atom is -0.322 e. The third kappa shape index (κ3) is 3.42. The maximum atomic E-state index is 13.6. The number of nitrogens with one attached hydrogen (secondary N) is 1. The van der Waals surface area contributed by atoms with E-state index in [4.69, 9.17) is 5.73 Å². The predicted octanol–water partition coefficient (Wildman–Crippen LogP) is 2.64. The van der Waals surface area contributed by atoms with Crippen LogP contribution in [0, 0.1) is 12.7 Å². The second kappa shape index (κ2) is 6.30. The van der Waals surface area contributed by atoms with E-state index in [-0.39, 0.29) is 11.6 Å². The normalized spacial score (nSPS) is 11.9. The first-order valence-electron chi connectivity index (χ1n) is 6.43. The van der Waals surface area contributed by atoms with Crippen molar-refractivity contribution in [1.82, 2.24) is 0 Å². The van der Waals surface area contributed by atoms with Crippen molar-refractivity contribution in [2.45, 2.75) is 19.4 Å². The van der Waals surface area contributed by atoms with Gasteiger partial charge >= 0.3 is 0 Å². The van der Waals surface area contributed by atoms with Crippen molar-refractivity contribution in [3.8, 4) is 0 Å². The molecule has 0 saturated heterocycles. The van der Waals surface area contributed by atoms with Gasteiger partial charge in [-0.25, -0.2) is 4.39 Å². The molecule has 0 radical (unpaired) electrons. The number of anilines is 1. The van der Waals surface area contributed by atoms with Gasteiger partial charge in [-0.3, -0.25) is 4.79 Å². The minimum absolute atomic E-state index is 0.195. The van der Waals surface area contributed by atoms with Gasteiger partial charge in [-0.15, -0.1) is 0 Å². The molecule has 0 aliphatic heterocycles. The molecule has 20 heavy (non-hydrogen) atoms. The van der Waals surface area contributed by atoms with Crippen LogP contribution in [-0.2, 0) is 11.2 Å². The molecule has 1 atom stereocenters. The summed E-state index contributed by atoms with van der Waals surface area (Å²) in [6.07, 6.45) is 0.417. The monoisotopic (exact) mass is 272 g/mol. The Balaban J connectivity index is 2.05. The molecule has 0 unspecified atom stereocenters. The Hall–Kier alpha value is -2.20. The Morgan fingerprint density at radius 1 is 1.20 bits per heavy atom. The first-order chi connectivity index (χ1) is 9.58. The van der Waals surface area contributed by atoms with Crippen LogP contribution in [0.25, 0.3) is 0 Å². The first-order valence-corrected chi connectivity index (χ1v) is 6.43. The van der Waals surface area contributed by atoms with Gasteiger partial charge in [0.05, 0.1) is 11.7 Å². The molecule has 2 aromatic rings. The third-order valence-electron chi connectivity index (χ3n) is 3.11. The molecular formula is C16H17FN2O. The van der Waals surface area contributed by atoms with Crippen molar-refractivity contribution in [1.29, 1.82) is 0 Å². The highest BCUT2D eigenvalue weighted by Gasteiger charge is 2.16. The maximum Gasteiger partial charge on any atom is 0.241 e. The topological polar surface area (TPSA) is 55.1 Å². The number of amides is 1. The SMILES string of the molecule is Cc1cccc(F)c1NC(=O)[C@@H](N)Cc1ccccc1. The van der Waals surface area contributed by atoms with E-state index in [1.165, 1.54) is 6.07 Å². The molecule has 4 heteroatoms. The van der Waals surface area contributed by atoms with Gasteiger partial charge < -0.3 is 11.1 Å². The Morgan fingerprint density at radius 3 is 2.55 bits per heavy atom. The van der Waals surface area contributed by atoms with Crippen molar-refractivity contribution in [3.63, 3.8) is 0 Å². The lowest BCUT2D eigenvalue weighted by atomic mass is 10.1. The quantitative estimate of drug-likeness (QED) is 0.899. The molecule has 0 spiro atoms. The zero-order valence-corrected chi connectivity index (χ0v) is 11.3. The average Bonchev–Trinajstić information content (AvgIpc) is 2.44. The Bertz CT molecular complexity index is 578. The number of hydrogen-bond acceptors (Lipinski definition) is 2. The molecule has 3 nitrogen and oxygen atoms in total. The molecule has 3 N–H and O–H groups in total. The van der Waals surface area contributed by atoms with Crippen molar-refractivity contribution < 1.29 is 9.18 Å². The number of rotatable bonds is 4. The van der Waals surface area contributed by atoms with Crippen LogP contribution in [0.1, 0.15) is 11.1 Å². The molecule has 0 saturated carbocycles. The third-order valence-corrected chi connectivity index (χ3v) is 3.11. The summed E-state index contributed by atoms with van der Waals surface area (Å²) in [7, 11) is 0. The number of halogens is 1. The molecule has 0 heterocycles. The van der Waals surface area contributed by atoms with Gasteiger partial charge in [-0.1, -0.05) is 42.5 Å². The van der Waals surface area contributed by atoms with E-state index in [1.807, 2.05) is 30.3 Å². The van der Waals surface area contributed by atoms with E-state index < -0.39 is 11.9 Å². The van der Waals surface area contributed by atoms with Crippen LogP contribution < -0.4 is 11.1 Å². The van der Waals surface area contributed by atoms with E-state index in [1.54, 1.807) is 19.1 Å². The van der Waals surface area contributed by atoms with Crippen LogP contribution in [-0.4, -0.2) is 11.9 Å². The minimum atomic E-state index is -0.712. The molecule has 0 aliphatic carbocycles. The van der Waals surface area contributed by atoms with Crippen LogP contribution in [0.2, 0.25) is 0 Å². The van der Waals surface area contributed by atoms with Crippen molar-refractivity contribution in [2.24, 2.45) is 5.73 Å². The Morgan fingerprint density at radius 2 is 1.90 bits per heavy atom. The lowest BCUT2D eigenvalue weighted by molar-refractivity contribution is -0.117. The van der Waals surface area contributed by atoms with E-state index in [0.717, 1.165) is 5.56 Å². The number of aryl methyl sites for hydroxylation is 1. The highest BCUT2D eigenvalue weighted by Crippen LogP contribution is 2.19. The van der Waals surface area contributed by atoms with Crippen molar-refractivity contribution in [3.05, 3.63) is 65.5 Å². The molecule has 104 valence electrons. The van der Waals surface area contributed by atoms with Crippen LogP contribution in [0.5, 0.6) is 0 Å². The highest BCUT2D eigenvalue weighted by atomic mass is 19.1. The molecule has 2 rings (SSSR count). The highest BCUT2D eigenvalue weighted by molar-refractivity contribution is 5.95. The summed E-state index contributed by atoms with van der Waals surface area (Å²) >= 11 is 0. The van der Waals surface area contributed by atoms with Crippen LogP contribution >= 0.6 is 0 Å². The smallest absolute Gasteiger partial charge is 0.241 e. The number of nitrogens with two attached hydrogens (primary N) is 1. The number of hydrogen-bond donors (Lipinski definition) is 2. The van der Waals surface area contributed by atoms with Crippen LogP contribution in [0.3, 0.4) is 0 Å². The standard InChI is InChI=1S/C16H17FN2O/c1-11-6-5-9-13(17)15(11)19-16(20)14(18)10-12-7-3-2-4-8-12/h2-9,14H,10,18H2,1H3,(H,19,20)/t14-/m0/s1. The zero-order chi connectivity index (χ0) is 14.5. The van der Waals surface area contributed by atoms with E-state index in [0.29, 0.717) is 12.0 Å². The maximum absolute atomic E-state index is 13.6. The summed E-state index contributed by atoms with van der Waals surface area (Å²) in [4.78, 5) is 12.0. The van der Waals surface area contributed by atoms with Crippen molar-refractivity contribution >= 4 is 11.6 Å². The molecule has 0 fully saturated rings. The van der Waals surface area contributed by atoms with Gasteiger partial charge in [-0.2, -0.15) is 0 Å². The molecule has 1 amide bonds. The van der Waals surface area contributed by atoms with Gasteiger partial charge in [-0.05, 0) is 30.5 Å². The van der Waals surface area contributed by atoms with E-state index in [9.17, 15) is 9.18 Å².